The lowest BCUT2D eigenvalue weighted by molar-refractivity contribution is -0.168. The van der Waals surface area contributed by atoms with Crippen LogP contribution in [0.4, 0.5) is 0 Å². The molecule has 174 valence electrons. The molecule has 0 aliphatic carbocycles. The van der Waals surface area contributed by atoms with E-state index in [2.05, 4.69) is 5.32 Å². The molecule has 0 unspecified atom stereocenters. The minimum absolute atomic E-state index is 0.0373. The summed E-state index contributed by atoms with van der Waals surface area (Å²) in [6.45, 7) is 16.4. The van der Waals surface area contributed by atoms with Crippen molar-refractivity contribution in [2.24, 2.45) is 0 Å². The van der Waals surface area contributed by atoms with Gasteiger partial charge in [-0.05, 0) is 41.4 Å². The van der Waals surface area contributed by atoms with Crippen LogP contribution in [0.2, 0.25) is 0 Å². The molecule has 0 bridgehead atoms. The van der Waals surface area contributed by atoms with Gasteiger partial charge in [0.25, 0.3) is 0 Å². The van der Waals surface area contributed by atoms with Crippen molar-refractivity contribution in [1.82, 2.24) is 5.32 Å². The molecule has 1 amide bonds. The third kappa shape index (κ3) is 6.21. The Morgan fingerprint density at radius 1 is 0.871 bits per heavy atom. The summed E-state index contributed by atoms with van der Waals surface area (Å²) >= 11 is 0. The smallest absolute Gasteiger partial charge is 0.344 e. The third-order valence-corrected chi connectivity index (χ3v) is 4.89. The maximum absolute atomic E-state index is 13.0. The number of amides is 1. The molecule has 1 aromatic rings. The molecular weight excluding hydrogens is 398 g/mol. The number of esters is 2. The van der Waals surface area contributed by atoms with Crippen LogP contribution in [0.25, 0.3) is 0 Å². The standard InChI is InChI=1S/C24H37NO6/c1-10-30-20(28)24(25-15(3)26,21(29)31-11-2)14-16-12-17(22(4,5)6)19(27)18(13-16)23(7,8)9/h12-13,27H,10-11,14H2,1-9H3,(H,25,26). The van der Waals surface area contributed by atoms with Crippen molar-refractivity contribution in [3.05, 3.63) is 28.8 Å². The first-order chi connectivity index (χ1) is 14.1. The minimum atomic E-state index is -2.03. The van der Waals surface area contributed by atoms with Crippen LogP contribution in [0.1, 0.15) is 79.0 Å². The lowest BCUT2D eigenvalue weighted by atomic mass is 9.77. The van der Waals surface area contributed by atoms with Crippen LogP contribution in [0.3, 0.4) is 0 Å². The van der Waals surface area contributed by atoms with Gasteiger partial charge in [-0.1, -0.05) is 53.7 Å². The fourth-order valence-corrected chi connectivity index (χ4v) is 3.43. The van der Waals surface area contributed by atoms with E-state index in [0.29, 0.717) is 16.7 Å². The van der Waals surface area contributed by atoms with E-state index >= 15 is 0 Å². The van der Waals surface area contributed by atoms with Crippen molar-refractivity contribution in [2.45, 2.75) is 85.1 Å². The number of hydrogen-bond acceptors (Lipinski definition) is 6. The number of ether oxygens (including phenoxy) is 2. The summed E-state index contributed by atoms with van der Waals surface area (Å²) in [5, 5.41) is 13.5. The normalized spacial score (nSPS) is 12.3. The predicted molar refractivity (Wildman–Crippen MR) is 119 cm³/mol. The fraction of sp³-hybridized carbons (Fsp3) is 0.625. The van der Waals surface area contributed by atoms with E-state index in [0.717, 1.165) is 0 Å². The Labute approximate surface area is 185 Å². The topological polar surface area (TPSA) is 102 Å². The van der Waals surface area contributed by atoms with E-state index in [9.17, 15) is 19.5 Å². The van der Waals surface area contributed by atoms with Crippen molar-refractivity contribution in [3.8, 4) is 5.75 Å². The Morgan fingerprint density at radius 2 is 1.26 bits per heavy atom. The van der Waals surface area contributed by atoms with Gasteiger partial charge in [0.05, 0.1) is 13.2 Å². The maximum atomic E-state index is 13.0. The number of aromatic hydroxyl groups is 1. The lowest BCUT2D eigenvalue weighted by Gasteiger charge is -2.32. The monoisotopic (exact) mass is 435 g/mol. The number of carbonyl (C=O) groups is 3. The first kappa shape index (κ1) is 26.5. The van der Waals surface area contributed by atoms with Crippen molar-refractivity contribution >= 4 is 17.8 Å². The maximum Gasteiger partial charge on any atom is 0.344 e. The molecule has 31 heavy (non-hydrogen) atoms. The Hall–Kier alpha value is -2.57. The van der Waals surface area contributed by atoms with Gasteiger partial charge >= 0.3 is 11.9 Å². The molecule has 7 nitrogen and oxygen atoms in total. The Bertz CT molecular complexity index is 776. The molecule has 1 aromatic carbocycles. The molecule has 0 aliphatic heterocycles. The first-order valence-corrected chi connectivity index (χ1v) is 10.6. The average Bonchev–Trinajstić information content (AvgIpc) is 2.60. The highest BCUT2D eigenvalue weighted by atomic mass is 16.6. The van der Waals surface area contributed by atoms with Gasteiger partial charge in [-0.25, -0.2) is 9.59 Å². The van der Waals surface area contributed by atoms with Crippen LogP contribution in [-0.2, 0) is 41.1 Å². The second kappa shape index (κ2) is 9.71. The number of carbonyl (C=O) groups excluding carboxylic acids is 3. The molecule has 2 N–H and O–H groups in total. The summed E-state index contributed by atoms with van der Waals surface area (Å²) in [7, 11) is 0. The number of rotatable bonds is 7. The summed E-state index contributed by atoms with van der Waals surface area (Å²) in [4.78, 5) is 37.9. The van der Waals surface area contributed by atoms with Gasteiger partial charge in [-0.15, -0.1) is 0 Å². The molecule has 0 aliphatic rings. The van der Waals surface area contributed by atoms with Crippen LogP contribution in [0.15, 0.2) is 12.1 Å². The molecule has 7 heteroatoms. The van der Waals surface area contributed by atoms with Gasteiger partial charge in [-0.2, -0.15) is 0 Å². The molecule has 0 heterocycles. The third-order valence-electron chi connectivity index (χ3n) is 4.89. The first-order valence-electron chi connectivity index (χ1n) is 10.6. The van der Waals surface area contributed by atoms with Crippen LogP contribution in [0.5, 0.6) is 5.75 Å². The lowest BCUT2D eigenvalue weighted by Crippen LogP contribution is -2.62. The van der Waals surface area contributed by atoms with E-state index in [-0.39, 0.29) is 25.4 Å². The number of nitrogens with one attached hydrogen (secondary N) is 1. The van der Waals surface area contributed by atoms with Gasteiger partial charge in [0, 0.05) is 13.3 Å². The van der Waals surface area contributed by atoms with Crippen molar-refractivity contribution in [3.63, 3.8) is 0 Å². The molecule has 0 saturated heterocycles. The van der Waals surface area contributed by atoms with E-state index in [4.69, 9.17) is 9.47 Å². The zero-order valence-corrected chi connectivity index (χ0v) is 20.3. The van der Waals surface area contributed by atoms with Gasteiger partial charge < -0.3 is 19.9 Å². The highest BCUT2D eigenvalue weighted by Gasteiger charge is 2.50. The van der Waals surface area contributed by atoms with Crippen LogP contribution in [-0.4, -0.2) is 41.7 Å². The molecular formula is C24H37NO6. The van der Waals surface area contributed by atoms with E-state index in [1.807, 2.05) is 41.5 Å². The highest BCUT2D eigenvalue weighted by molar-refractivity contribution is 6.08. The largest absolute Gasteiger partial charge is 0.507 e. The number of phenols is 1. The van der Waals surface area contributed by atoms with E-state index in [1.54, 1.807) is 26.0 Å². The summed E-state index contributed by atoms with van der Waals surface area (Å²) in [6.07, 6.45) is -0.170. The minimum Gasteiger partial charge on any atom is -0.507 e. The second-order valence-electron chi connectivity index (χ2n) is 9.74. The van der Waals surface area contributed by atoms with Crippen molar-refractivity contribution in [2.75, 3.05) is 13.2 Å². The van der Waals surface area contributed by atoms with Gasteiger partial charge in [-0.3, -0.25) is 4.79 Å². The quantitative estimate of drug-likeness (QED) is 0.502. The van der Waals surface area contributed by atoms with Crippen molar-refractivity contribution < 1.29 is 29.0 Å². The second-order valence-corrected chi connectivity index (χ2v) is 9.74. The molecule has 0 radical (unpaired) electrons. The number of hydrogen-bond donors (Lipinski definition) is 2. The van der Waals surface area contributed by atoms with Crippen LogP contribution in [0, 0.1) is 0 Å². The molecule has 1 rings (SSSR count). The zero-order valence-electron chi connectivity index (χ0n) is 20.3. The molecule has 0 atom stereocenters. The summed E-state index contributed by atoms with van der Waals surface area (Å²) in [6, 6.07) is 3.53. The predicted octanol–water partition coefficient (Wildman–Crippen LogP) is 3.53. The Balaban J connectivity index is 3.80. The number of phenolic OH excluding ortho intramolecular Hbond substituents is 1. The number of benzene rings is 1. The van der Waals surface area contributed by atoms with Gasteiger partial charge in [0.2, 0.25) is 11.4 Å². The molecule has 0 saturated carbocycles. The zero-order chi connectivity index (χ0) is 24.2. The van der Waals surface area contributed by atoms with Gasteiger partial charge in [0.15, 0.2) is 0 Å². The van der Waals surface area contributed by atoms with Crippen LogP contribution >= 0.6 is 0 Å². The highest BCUT2D eigenvalue weighted by Crippen LogP contribution is 2.40. The summed E-state index contributed by atoms with van der Waals surface area (Å²) < 4.78 is 10.3. The van der Waals surface area contributed by atoms with E-state index in [1.165, 1.54) is 6.92 Å². The summed E-state index contributed by atoms with van der Waals surface area (Å²) in [5.41, 5.74) is -0.866. The van der Waals surface area contributed by atoms with E-state index < -0.39 is 34.2 Å². The van der Waals surface area contributed by atoms with Crippen molar-refractivity contribution in [1.29, 1.82) is 0 Å². The average molecular weight is 436 g/mol. The molecule has 0 aromatic heterocycles. The van der Waals surface area contributed by atoms with Gasteiger partial charge in [0.1, 0.15) is 5.75 Å². The SMILES string of the molecule is CCOC(=O)C(Cc1cc(C(C)(C)C)c(O)c(C(C)(C)C)c1)(NC(C)=O)C(=O)OCC. The van der Waals surface area contributed by atoms with Crippen LogP contribution < -0.4 is 5.32 Å². The Kier molecular flexibility index (Phi) is 8.29. The molecule has 0 fully saturated rings. The summed E-state index contributed by atoms with van der Waals surface area (Å²) in [5.74, 6) is -2.15. The Morgan fingerprint density at radius 3 is 1.55 bits per heavy atom. The fourth-order valence-electron chi connectivity index (χ4n) is 3.43. The molecule has 0 spiro atoms.